The summed E-state index contributed by atoms with van der Waals surface area (Å²) in [6.07, 6.45) is 4.98. The molecule has 2 atom stereocenters. The molecule has 12 rings (SSSR count). The number of aromatic nitrogens is 3. The Morgan fingerprint density at radius 3 is 1.88 bits per heavy atom. The molecule has 3 heterocycles. The van der Waals surface area contributed by atoms with E-state index >= 15 is 0 Å². The van der Waals surface area contributed by atoms with E-state index < -0.39 is 0 Å². The fourth-order valence-electron chi connectivity index (χ4n) is 9.99. The first-order valence-electron chi connectivity index (χ1n) is 20.4. The lowest BCUT2D eigenvalue weighted by Crippen LogP contribution is -2.20. The van der Waals surface area contributed by atoms with Gasteiger partial charge in [-0.1, -0.05) is 129 Å². The maximum absolute atomic E-state index is 6.31. The van der Waals surface area contributed by atoms with Gasteiger partial charge in [-0.05, 0) is 106 Å². The van der Waals surface area contributed by atoms with Crippen LogP contribution >= 0.6 is 0 Å². The number of benzene rings is 7. The highest BCUT2D eigenvalue weighted by molar-refractivity contribution is 6.11. The summed E-state index contributed by atoms with van der Waals surface area (Å²) >= 11 is 0. The molecule has 0 aliphatic heterocycles. The van der Waals surface area contributed by atoms with Crippen LogP contribution in [-0.2, 0) is 5.41 Å². The third kappa shape index (κ3) is 5.17. The first-order chi connectivity index (χ1) is 28.9. The number of hydrogen-bond acceptors (Lipinski definition) is 4. The van der Waals surface area contributed by atoms with Gasteiger partial charge in [0, 0.05) is 38.9 Å². The van der Waals surface area contributed by atoms with Crippen LogP contribution in [0.2, 0.25) is 0 Å². The highest BCUT2D eigenvalue weighted by atomic mass is 16.4. The molecule has 2 unspecified atom stereocenters. The van der Waals surface area contributed by atoms with Crippen LogP contribution in [0.3, 0.4) is 0 Å². The largest absolute Gasteiger partial charge is 0.436 e. The Labute approximate surface area is 341 Å². The van der Waals surface area contributed by atoms with E-state index in [2.05, 4.69) is 147 Å². The van der Waals surface area contributed by atoms with Crippen molar-refractivity contribution in [2.75, 3.05) is 0 Å². The van der Waals surface area contributed by atoms with Gasteiger partial charge in [-0.2, -0.15) is 0 Å². The minimum absolute atomic E-state index is 0.153. The molecular formula is C54H39N3O2. The van der Waals surface area contributed by atoms with Gasteiger partial charge in [-0.3, -0.25) is 0 Å². The van der Waals surface area contributed by atoms with Crippen LogP contribution in [0.4, 0.5) is 0 Å². The van der Waals surface area contributed by atoms with Gasteiger partial charge in [0.15, 0.2) is 11.2 Å². The summed E-state index contributed by atoms with van der Waals surface area (Å²) in [5, 5.41) is 2.60. The molecule has 2 aliphatic rings. The minimum atomic E-state index is -0.153. The molecule has 7 aromatic carbocycles. The molecule has 10 aromatic rings. The van der Waals surface area contributed by atoms with Crippen molar-refractivity contribution in [1.82, 2.24) is 14.5 Å². The Hall–Kier alpha value is -7.24. The summed E-state index contributed by atoms with van der Waals surface area (Å²) in [7, 11) is 0. The van der Waals surface area contributed by atoms with Crippen molar-refractivity contribution in [2.24, 2.45) is 5.92 Å². The van der Waals surface area contributed by atoms with Crippen LogP contribution in [0.25, 0.3) is 89.3 Å². The smallest absolute Gasteiger partial charge is 0.227 e. The van der Waals surface area contributed by atoms with Gasteiger partial charge < -0.3 is 13.4 Å². The third-order valence-corrected chi connectivity index (χ3v) is 12.8. The fraction of sp³-hybridized carbons (Fsp3) is 0.111. The van der Waals surface area contributed by atoms with E-state index in [1.54, 1.807) is 0 Å². The molecule has 3 aromatic heterocycles. The minimum Gasteiger partial charge on any atom is -0.436 e. The van der Waals surface area contributed by atoms with Gasteiger partial charge in [0.2, 0.25) is 11.8 Å². The Balaban J connectivity index is 0.985. The zero-order valence-corrected chi connectivity index (χ0v) is 33.0. The number of oxazole rings is 2. The second kappa shape index (κ2) is 12.6. The van der Waals surface area contributed by atoms with E-state index in [1.165, 1.54) is 55.3 Å². The Morgan fingerprint density at radius 2 is 1.17 bits per heavy atom. The highest BCUT2D eigenvalue weighted by Crippen LogP contribution is 2.58. The van der Waals surface area contributed by atoms with Gasteiger partial charge >= 0.3 is 0 Å². The molecule has 0 fully saturated rings. The molecule has 0 saturated carbocycles. The molecule has 0 bridgehead atoms. The van der Waals surface area contributed by atoms with Crippen LogP contribution in [-0.4, -0.2) is 14.5 Å². The SMILES string of the molecule is CC1C=C(c2cccc(-c3cc(-c4nc5ccccc5o4)cc(-c4nc5ccccc5o4)c3)c2)C=C2C1c1c(ccc3c4ccccc4n(-c4ccccc4)c13)C2(C)C. The summed E-state index contributed by atoms with van der Waals surface area (Å²) in [6, 6.07) is 55.5. The van der Waals surface area contributed by atoms with Crippen molar-refractivity contribution in [2.45, 2.75) is 32.1 Å². The number of hydrogen-bond donors (Lipinski definition) is 0. The zero-order chi connectivity index (χ0) is 39.4. The number of rotatable bonds is 5. The van der Waals surface area contributed by atoms with Crippen LogP contribution in [0.1, 0.15) is 43.4 Å². The lowest BCUT2D eigenvalue weighted by molar-refractivity contribution is 0.553. The van der Waals surface area contributed by atoms with Gasteiger partial charge in [-0.25, -0.2) is 9.97 Å². The van der Waals surface area contributed by atoms with Crippen molar-refractivity contribution in [3.05, 3.63) is 192 Å². The molecule has 0 amide bonds. The first-order valence-corrected chi connectivity index (χ1v) is 20.4. The van der Waals surface area contributed by atoms with Crippen molar-refractivity contribution in [3.63, 3.8) is 0 Å². The monoisotopic (exact) mass is 761 g/mol. The molecule has 5 nitrogen and oxygen atoms in total. The average molecular weight is 762 g/mol. The van der Waals surface area contributed by atoms with E-state index in [0.717, 1.165) is 44.5 Å². The molecule has 282 valence electrons. The van der Waals surface area contributed by atoms with Gasteiger partial charge in [-0.15, -0.1) is 0 Å². The maximum Gasteiger partial charge on any atom is 0.227 e. The van der Waals surface area contributed by atoms with Crippen molar-refractivity contribution < 1.29 is 8.83 Å². The lowest BCUT2D eigenvalue weighted by atomic mass is 9.73. The standard InChI is InChI=1S/C54H39N3O2/c1-32-26-35(31-43-49(32)50-42(54(43,2)3)25-24-41-40-18-7-10-21-46(40)57(51(41)50)39-16-5-4-6-17-39)33-14-13-15-34(27-33)36-28-37(52-55-44-19-8-11-22-47(44)58-52)30-38(29-36)53-56-45-20-9-12-23-48(45)59-53/h4-32,49H,1-3H3. The van der Waals surface area contributed by atoms with Gasteiger partial charge in [0.05, 0.1) is 11.0 Å². The van der Waals surface area contributed by atoms with Crippen molar-refractivity contribution >= 4 is 49.6 Å². The molecular weight excluding hydrogens is 723 g/mol. The molecule has 2 aliphatic carbocycles. The topological polar surface area (TPSA) is 57.0 Å². The molecule has 0 N–H and O–H groups in total. The number of allylic oxidation sites excluding steroid dienone is 4. The second-order valence-corrected chi connectivity index (χ2v) is 16.6. The Kier molecular flexibility index (Phi) is 7.25. The molecule has 59 heavy (non-hydrogen) atoms. The van der Waals surface area contributed by atoms with E-state index in [4.69, 9.17) is 18.8 Å². The van der Waals surface area contributed by atoms with E-state index in [-0.39, 0.29) is 17.3 Å². The van der Waals surface area contributed by atoms with E-state index in [1.807, 2.05) is 48.5 Å². The highest BCUT2D eigenvalue weighted by Gasteiger charge is 2.46. The summed E-state index contributed by atoms with van der Waals surface area (Å²) in [5.74, 6) is 1.65. The normalized spacial score (nSPS) is 17.1. The summed E-state index contributed by atoms with van der Waals surface area (Å²) < 4.78 is 15.1. The summed E-state index contributed by atoms with van der Waals surface area (Å²) in [4.78, 5) is 9.75. The van der Waals surface area contributed by atoms with Gasteiger partial charge in [0.25, 0.3) is 0 Å². The molecule has 0 radical (unpaired) electrons. The maximum atomic E-state index is 6.31. The van der Waals surface area contributed by atoms with E-state index in [0.29, 0.717) is 11.8 Å². The second-order valence-electron chi connectivity index (χ2n) is 16.6. The predicted molar refractivity (Wildman–Crippen MR) is 240 cm³/mol. The quantitative estimate of drug-likeness (QED) is 0.175. The van der Waals surface area contributed by atoms with Crippen molar-refractivity contribution in [3.8, 4) is 39.7 Å². The van der Waals surface area contributed by atoms with Gasteiger partial charge in [0.1, 0.15) is 11.0 Å². The van der Waals surface area contributed by atoms with Crippen LogP contribution in [0.15, 0.2) is 184 Å². The fourth-order valence-corrected chi connectivity index (χ4v) is 9.99. The molecule has 0 saturated heterocycles. The number of nitrogens with zero attached hydrogens (tertiary/aromatic N) is 3. The summed E-state index contributed by atoms with van der Waals surface area (Å²) in [5.41, 5.74) is 17.4. The molecule has 0 spiro atoms. The Morgan fingerprint density at radius 1 is 0.559 bits per heavy atom. The van der Waals surface area contributed by atoms with Crippen LogP contribution in [0.5, 0.6) is 0 Å². The first kappa shape index (κ1) is 33.9. The van der Waals surface area contributed by atoms with E-state index in [9.17, 15) is 0 Å². The van der Waals surface area contributed by atoms with Crippen LogP contribution < -0.4 is 0 Å². The number of fused-ring (bicyclic) bond motifs is 9. The molecule has 5 heteroatoms. The summed E-state index contributed by atoms with van der Waals surface area (Å²) in [6.45, 7) is 7.23. The van der Waals surface area contributed by atoms with Crippen molar-refractivity contribution in [1.29, 1.82) is 0 Å². The average Bonchev–Trinajstić information content (AvgIpc) is 4.04. The predicted octanol–water partition coefficient (Wildman–Crippen LogP) is 14.1. The third-order valence-electron chi connectivity index (χ3n) is 12.8. The number of para-hydroxylation sites is 6. The Bertz CT molecular complexity index is 3230. The van der Waals surface area contributed by atoms with Crippen LogP contribution in [0, 0.1) is 5.92 Å². The lowest BCUT2D eigenvalue weighted by Gasteiger charge is -2.31. The zero-order valence-electron chi connectivity index (χ0n) is 33.0.